The van der Waals surface area contributed by atoms with Gasteiger partial charge in [-0.3, -0.25) is 4.98 Å². The molecule has 1 fully saturated rings. The Labute approximate surface area is 221 Å². The number of ether oxygens (including phenoxy) is 1. The summed E-state index contributed by atoms with van der Waals surface area (Å²) in [7, 11) is 0. The molecule has 8 nitrogen and oxygen atoms in total. The Balaban J connectivity index is 1.34. The summed E-state index contributed by atoms with van der Waals surface area (Å²) in [5, 5.41) is 18.8. The second-order valence-corrected chi connectivity index (χ2v) is 10.4. The topological polar surface area (TPSA) is 82.7 Å². The van der Waals surface area contributed by atoms with Crippen LogP contribution in [0, 0.1) is 6.92 Å². The minimum Gasteiger partial charge on any atom is -0.356 e. The average molecular weight is 506 g/mol. The Kier molecular flexibility index (Phi) is 5.78. The fourth-order valence-electron chi connectivity index (χ4n) is 5.79. The number of pyridine rings is 1. The van der Waals surface area contributed by atoms with E-state index in [1.54, 1.807) is 0 Å². The summed E-state index contributed by atoms with van der Waals surface area (Å²) in [6, 6.07) is 15.4. The van der Waals surface area contributed by atoms with E-state index in [-0.39, 0.29) is 6.23 Å². The first-order valence-corrected chi connectivity index (χ1v) is 13.5. The molecule has 2 aliphatic rings. The Morgan fingerprint density at radius 2 is 2.03 bits per heavy atom. The quantitative estimate of drug-likeness (QED) is 0.344. The number of rotatable bonds is 4. The molecule has 2 aliphatic heterocycles. The van der Waals surface area contributed by atoms with E-state index in [1.165, 1.54) is 16.7 Å². The molecule has 3 aromatic heterocycles. The van der Waals surface area contributed by atoms with Crippen molar-refractivity contribution in [3.63, 3.8) is 0 Å². The van der Waals surface area contributed by atoms with Crippen molar-refractivity contribution in [3.05, 3.63) is 77.7 Å². The van der Waals surface area contributed by atoms with Gasteiger partial charge in [0.1, 0.15) is 11.4 Å². The van der Waals surface area contributed by atoms with E-state index >= 15 is 0 Å². The fraction of sp³-hybridized carbons (Fsp3) is 0.333. The number of fused-ring (bicyclic) bond motifs is 2. The van der Waals surface area contributed by atoms with Crippen LogP contribution < -0.4 is 5.32 Å². The average Bonchev–Trinajstić information content (AvgIpc) is 3.59. The number of nitrogens with zero attached hydrogens (tertiary/aromatic N) is 6. The highest BCUT2D eigenvalue weighted by molar-refractivity contribution is 5.95. The van der Waals surface area contributed by atoms with Crippen LogP contribution in [-0.2, 0) is 11.2 Å². The summed E-state index contributed by atoms with van der Waals surface area (Å²) < 4.78 is 10.0. The first-order chi connectivity index (χ1) is 18.7. The minimum atomic E-state index is -0.0735. The van der Waals surface area contributed by atoms with Crippen molar-refractivity contribution >= 4 is 10.9 Å². The molecule has 0 saturated carbocycles. The van der Waals surface area contributed by atoms with Gasteiger partial charge >= 0.3 is 0 Å². The summed E-state index contributed by atoms with van der Waals surface area (Å²) >= 11 is 0. The van der Waals surface area contributed by atoms with Crippen molar-refractivity contribution in [3.8, 4) is 28.2 Å². The van der Waals surface area contributed by atoms with E-state index in [0.717, 1.165) is 77.9 Å². The lowest BCUT2D eigenvalue weighted by Crippen LogP contribution is -2.27. The first kappa shape index (κ1) is 23.3. The van der Waals surface area contributed by atoms with E-state index in [2.05, 4.69) is 70.9 Å². The maximum Gasteiger partial charge on any atom is 0.150 e. The van der Waals surface area contributed by atoms with Crippen molar-refractivity contribution in [2.75, 3.05) is 13.2 Å². The zero-order valence-electron chi connectivity index (χ0n) is 21.8. The SMILES string of the molecule is Cc1ccncc1-c1ccc2c(c1)c(-c1cn(-c3ccc4c(c3)C(C)NCC4)nn1)nn2C1CCCCO1. The Bertz CT molecular complexity index is 1630. The van der Waals surface area contributed by atoms with Crippen molar-refractivity contribution in [1.29, 1.82) is 0 Å². The fourth-order valence-corrected chi connectivity index (χ4v) is 5.79. The van der Waals surface area contributed by atoms with Crippen LogP contribution in [0.4, 0.5) is 0 Å². The number of hydrogen-bond donors (Lipinski definition) is 1. The van der Waals surface area contributed by atoms with Crippen LogP contribution in [0.1, 0.15) is 55.1 Å². The third-order valence-corrected chi connectivity index (χ3v) is 7.93. The van der Waals surface area contributed by atoms with Crippen molar-refractivity contribution in [2.45, 2.75) is 51.8 Å². The van der Waals surface area contributed by atoms with Crippen LogP contribution >= 0.6 is 0 Å². The zero-order chi connectivity index (χ0) is 25.6. The number of hydrogen-bond acceptors (Lipinski definition) is 6. The van der Waals surface area contributed by atoms with Crippen molar-refractivity contribution in [2.24, 2.45) is 0 Å². The van der Waals surface area contributed by atoms with Crippen LogP contribution in [0.3, 0.4) is 0 Å². The number of benzene rings is 2. The van der Waals surface area contributed by atoms with Gasteiger partial charge in [0.25, 0.3) is 0 Å². The van der Waals surface area contributed by atoms with E-state index in [4.69, 9.17) is 9.84 Å². The van der Waals surface area contributed by atoms with E-state index in [1.807, 2.05) is 34.0 Å². The summed E-state index contributed by atoms with van der Waals surface area (Å²) in [6.45, 7) is 6.10. The lowest BCUT2D eigenvalue weighted by Gasteiger charge is -2.24. The lowest BCUT2D eigenvalue weighted by molar-refractivity contribution is -0.0365. The van der Waals surface area contributed by atoms with E-state index in [9.17, 15) is 0 Å². The molecule has 0 bridgehead atoms. The molecule has 1 N–H and O–H groups in total. The molecule has 5 aromatic rings. The number of aromatic nitrogens is 6. The van der Waals surface area contributed by atoms with Gasteiger partial charge in [-0.15, -0.1) is 5.10 Å². The normalized spacial score (nSPS) is 19.5. The molecule has 8 heteroatoms. The van der Waals surface area contributed by atoms with Gasteiger partial charge in [0.2, 0.25) is 0 Å². The van der Waals surface area contributed by atoms with Crippen LogP contribution in [0.5, 0.6) is 0 Å². The molecule has 192 valence electrons. The summed E-state index contributed by atoms with van der Waals surface area (Å²) in [4.78, 5) is 4.36. The van der Waals surface area contributed by atoms with Gasteiger partial charge in [-0.2, -0.15) is 5.10 Å². The monoisotopic (exact) mass is 505 g/mol. The largest absolute Gasteiger partial charge is 0.356 e. The molecular weight excluding hydrogens is 474 g/mol. The molecule has 0 radical (unpaired) electrons. The highest BCUT2D eigenvalue weighted by Crippen LogP contribution is 2.35. The first-order valence-electron chi connectivity index (χ1n) is 13.5. The molecule has 2 aromatic carbocycles. The van der Waals surface area contributed by atoms with E-state index < -0.39 is 0 Å². The van der Waals surface area contributed by atoms with Gasteiger partial charge < -0.3 is 10.1 Å². The Hall–Kier alpha value is -3.88. The summed E-state index contributed by atoms with van der Waals surface area (Å²) in [6.07, 6.45) is 9.90. The maximum absolute atomic E-state index is 6.14. The predicted octanol–water partition coefficient (Wildman–Crippen LogP) is 5.56. The van der Waals surface area contributed by atoms with Crippen molar-refractivity contribution < 1.29 is 4.74 Å². The molecular formula is C30H31N7O. The van der Waals surface area contributed by atoms with Crippen LogP contribution in [0.2, 0.25) is 0 Å². The standard InChI is InChI=1S/C30H31N7O/c1-19-10-12-31-17-26(19)22-7-9-28-25(15-22)30(34-37(28)29-5-3-4-14-38-29)27-18-36(35-33-27)23-8-6-21-11-13-32-20(2)24(21)16-23/h6-10,12,15-18,20,29,32H,3-5,11,13-14H2,1-2H3. The van der Waals surface area contributed by atoms with Crippen LogP contribution in [-0.4, -0.2) is 42.9 Å². The van der Waals surface area contributed by atoms with Gasteiger partial charge in [-0.1, -0.05) is 17.3 Å². The molecule has 1 saturated heterocycles. The Morgan fingerprint density at radius 3 is 2.89 bits per heavy atom. The molecule has 0 spiro atoms. The van der Waals surface area contributed by atoms with Crippen molar-refractivity contribution in [1.82, 2.24) is 35.1 Å². The minimum absolute atomic E-state index is 0.0735. The highest BCUT2D eigenvalue weighted by Gasteiger charge is 2.24. The molecule has 2 atom stereocenters. The predicted molar refractivity (Wildman–Crippen MR) is 147 cm³/mol. The van der Waals surface area contributed by atoms with Crippen LogP contribution in [0.15, 0.2) is 61.1 Å². The molecule has 0 amide bonds. The van der Waals surface area contributed by atoms with Gasteiger partial charge in [0.05, 0.1) is 17.4 Å². The maximum atomic E-state index is 6.14. The van der Waals surface area contributed by atoms with Crippen LogP contribution in [0.25, 0.3) is 39.1 Å². The Morgan fingerprint density at radius 1 is 1.08 bits per heavy atom. The molecule has 2 unspecified atom stereocenters. The molecule has 0 aliphatic carbocycles. The molecule has 5 heterocycles. The zero-order valence-corrected chi connectivity index (χ0v) is 21.8. The lowest BCUT2D eigenvalue weighted by atomic mass is 9.95. The smallest absolute Gasteiger partial charge is 0.150 e. The second kappa shape index (κ2) is 9.45. The second-order valence-electron chi connectivity index (χ2n) is 10.4. The number of nitrogens with one attached hydrogen (secondary N) is 1. The molecule has 38 heavy (non-hydrogen) atoms. The number of aryl methyl sites for hydroxylation is 1. The third-order valence-electron chi connectivity index (χ3n) is 7.93. The van der Waals surface area contributed by atoms with Gasteiger partial charge in [-0.05, 0) is 98.7 Å². The highest BCUT2D eigenvalue weighted by atomic mass is 16.5. The van der Waals surface area contributed by atoms with Gasteiger partial charge in [-0.25, -0.2) is 9.36 Å². The van der Waals surface area contributed by atoms with E-state index in [0.29, 0.717) is 6.04 Å². The summed E-state index contributed by atoms with van der Waals surface area (Å²) in [5.74, 6) is 0. The van der Waals surface area contributed by atoms with Gasteiger partial charge in [0, 0.05) is 36.0 Å². The summed E-state index contributed by atoms with van der Waals surface area (Å²) in [5.41, 5.74) is 9.74. The third kappa shape index (κ3) is 4.01. The molecule has 7 rings (SSSR count). The van der Waals surface area contributed by atoms with Gasteiger partial charge in [0.15, 0.2) is 6.23 Å².